The summed E-state index contributed by atoms with van der Waals surface area (Å²) < 4.78 is 0. The van der Waals surface area contributed by atoms with E-state index in [1.54, 1.807) is 0 Å². The van der Waals surface area contributed by atoms with E-state index in [2.05, 4.69) is 87.7 Å². The van der Waals surface area contributed by atoms with E-state index in [0.29, 0.717) is 0 Å². The van der Waals surface area contributed by atoms with Gasteiger partial charge in [0.05, 0.1) is 22.8 Å². The molecule has 0 fully saturated rings. The largest absolute Gasteiger partial charge is 2.00 e. The molecule has 3 rings (SSSR count). The summed E-state index contributed by atoms with van der Waals surface area (Å²) in [5.74, 6) is 0. The van der Waals surface area contributed by atoms with Gasteiger partial charge in [0, 0.05) is 37.3 Å². The summed E-state index contributed by atoms with van der Waals surface area (Å²) in [6.45, 7) is 16.9. The zero-order valence-electron chi connectivity index (χ0n) is 19.4. The van der Waals surface area contributed by atoms with E-state index < -0.39 is 0 Å². The third kappa shape index (κ3) is 7.57. The molecule has 2 aromatic heterocycles. The van der Waals surface area contributed by atoms with Gasteiger partial charge in [0.1, 0.15) is 0 Å². The molecule has 3 heterocycles. The standard InChI is InChI=1S/C22H32N4.2CH3.Pd/c1-21(2,3)25-13-17-9-7-11-19(23-17)15-26(22(4,5)6)16-20-12-8-10-18(14-25)24-20;;;/h7-12H,13-16H2,1-6H3;2*1H3;/q;2*-1;+2. The molecule has 0 atom stereocenters. The molecule has 0 N–H and O–H groups in total. The molecule has 0 unspecified atom stereocenters. The minimum absolute atomic E-state index is 0. The second-order valence-corrected chi connectivity index (χ2v) is 9.29. The summed E-state index contributed by atoms with van der Waals surface area (Å²) >= 11 is 0. The Hall–Kier alpha value is -1.12. The maximum atomic E-state index is 4.97. The number of rotatable bonds is 0. The molecule has 164 valence electrons. The van der Waals surface area contributed by atoms with Crippen molar-refractivity contribution in [1.82, 2.24) is 19.8 Å². The van der Waals surface area contributed by atoms with Gasteiger partial charge in [0.25, 0.3) is 0 Å². The predicted octanol–water partition coefficient (Wildman–Crippen LogP) is 5.29. The molecule has 0 radical (unpaired) electrons. The molecular formula is C24H38N4Pd. The summed E-state index contributed by atoms with van der Waals surface area (Å²) in [6, 6.07) is 12.8. The van der Waals surface area contributed by atoms with Crippen molar-refractivity contribution in [2.75, 3.05) is 0 Å². The Morgan fingerprint density at radius 1 is 0.586 bits per heavy atom. The van der Waals surface area contributed by atoms with E-state index in [9.17, 15) is 0 Å². The van der Waals surface area contributed by atoms with Crippen LogP contribution >= 0.6 is 0 Å². The van der Waals surface area contributed by atoms with Crippen LogP contribution in [0.25, 0.3) is 0 Å². The van der Waals surface area contributed by atoms with E-state index in [0.717, 1.165) is 49.0 Å². The van der Waals surface area contributed by atoms with E-state index in [-0.39, 0.29) is 46.4 Å². The average Bonchev–Trinajstić information content (AvgIpc) is 2.52. The van der Waals surface area contributed by atoms with Gasteiger partial charge in [-0.15, -0.1) is 0 Å². The molecule has 0 aliphatic carbocycles. The number of hydrogen-bond acceptors (Lipinski definition) is 4. The first-order valence-corrected chi connectivity index (χ1v) is 9.51. The number of nitrogens with zero attached hydrogens (tertiary/aromatic N) is 4. The number of aromatic nitrogens is 2. The van der Waals surface area contributed by atoms with Crippen molar-refractivity contribution in [3.05, 3.63) is 74.0 Å². The Morgan fingerprint density at radius 3 is 1.03 bits per heavy atom. The van der Waals surface area contributed by atoms with Gasteiger partial charge in [-0.1, -0.05) is 12.1 Å². The van der Waals surface area contributed by atoms with Crippen LogP contribution in [0.15, 0.2) is 36.4 Å². The molecule has 1 aliphatic rings. The minimum Gasteiger partial charge on any atom is -0.358 e. The fourth-order valence-corrected chi connectivity index (χ4v) is 3.25. The van der Waals surface area contributed by atoms with Crippen LogP contribution in [0.1, 0.15) is 64.3 Å². The first-order chi connectivity index (χ1) is 12.1. The molecule has 1 aliphatic heterocycles. The van der Waals surface area contributed by atoms with Gasteiger partial charge in [0.2, 0.25) is 0 Å². The third-order valence-corrected chi connectivity index (χ3v) is 5.04. The maximum absolute atomic E-state index is 4.97. The third-order valence-electron chi connectivity index (χ3n) is 5.04. The molecule has 4 nitrogen and oxygen atoms in total. The molecule has 29 heavy (non-hydrogen) atoms. The molecule has 4 bridgehead atoms. The minimum atomic E-state index is 0. The fraction of sp³-hybridized carbons (Fsp3) is 0.500. The number of fused-ring (bicyclic) bond motifs is 4. The first-order valence-electron chi connectivity index (χ1n) is 9.51. The van der Waals surface area contributed by atoms with Crippen molar-refractivity contribution in [2.45, 2.75) is 78.8 Å². The number of pyridine rings is 2. The maximum Gasteiger partial charge on any atom is 2.00 e. The van der Waals surface area contributed by atoms with Crippen LogP contribution in [-0.2, 0) is 46.6 Å². The van der Waals surface area contributed by atoms with Crippen molar-refractivity contribution in [3.8, 4) is 0 Å². The Kier molecular flexibility index (Phi) is 10.4. The van der Waals surface area contributed by atoms with Gasteiger partial charge >= 0.3 is 20.4 Å². The topological polar surface area (TPSA) is 32.3 Å². The summed E-state index contributed by atoms with van der Waals surface area (Å²) in [5, 5.41) is 0. The molecular weight excluding hydrogens is 451 g/mol. The SMILES string of the molecule is CC(C)(C)N1Cc2cccc(n2)CN(C(C)(C)C)Cc2cccc(n2)C1.[CH3-].[CH3-].[Pd+2]. The Balaban J connectivity index is 0.00000261. The molecule has 5 heteroatoms. The van der Waals surface area contributed by atoms with Crippen molar-refractivity contribution in [3.63, 3.8) is 0 Å². The van der Waals surface area contributed by atoms with Crippen LogP contribution in [0.4, 0.5) is 0 Å². The molecule has 2 aromatic rings. The van der Waals surface area contributed by atoms with Crippen LogP contribution in [0.3, 0.4) is 0 Å². The zero-order valence-corrected chi connectivity index (χ0v) is 21.0. The van der Waals surface area contributed by atoms with Crippen LogP contribution < -0.4 is 0 Å². The monoisotopic (exact) mass is 488 g/mol. The second-order valence-electron chi connectivity index (χ2n) is 9.29. The van der Waals surface area contributed by atoms with Gasteiger partial charge in [-0.25, -0.2) is 0 Å². The van der Waals surface area contributed by atoms with Gasteiger partial charge in [-0.3, -0.25) is 19.8 Å². The van der Waals surface area contributed by atoms with Crippen LogP contribution in [0, 0.1) is 14.9 Å². The van der Waals surface area contributed by atoms with Crippen molar-refractivity contribution in [2.24, 2.45) is 0 Å². The Labute approximate surface area is 192 Å². The van der Waals surface area contributed by atoms with E-state index in [4.69, 9.17) is 9.97 Å². The Bertz CT molecular complexity index is 654. The smallest absolute Gasteiger partial charge is 0.358 e. The van der Waals surface area contributed by atoms with Crippen LogP contribution in [-0.4, -0.2) is 30.8 Å². The fourth-order valence-electron chi connectivity index (χ4n) is 3.25. The van der Waals surface area contributed by atoms with Crippen molar-refractivity contribution < 1.29 is 20.4 Å². The molecule has 0 saturated carbocycles. The quantitative estimate of drug-likeness (QED) is 0.372. The predicted molar refractivity (Wildman–Crippen MR) is 119 cm³/mol. The average molecular weight is 489 g/mol. The molecule has 0 aromatic carbocycles. The molecule has 0 spiro atoms. The van der Waals surface area contributed by atoms with E-state index >= 15 is 0 Å². The summed E-state index contributed by atoms with van der Waals surface area (Å²) in [5.41, 5.74) is 4.62. The second kappa shape index (κ2) is 10.8. The molecule has 0 amide bonds. The first kappa shape index (κ1) is 27.9. The van der Waals surface area contributed by atoms with Crippen molar-refractivity contribution in [1.29, 1.82) is 0 Å². The van der Waals surface area contributed by atoms with E-state index in [1.807, 2.05) is 0 Å². The van der Waals surface area contributed by atoms with Gasteiger partial charge < -0.3 is 14.9 Å². The van der Waals surface area contributed by atoms with Crippen LogP contribution in [0.2, 0.25) is 0 Å². The summed E-state index contributed by atoms with van der Waals surface area (Å²) in [6.07, 6.45) is 0. The van der Waals surface area contributed by atoms with Gasteiger partial charge in [0.15, 0.2) is 0 Å². The summed E-state index contributed by atoms with van der Waals surface area (Å²) in [7, 11) is 0. The number of hydrogen-bond donors (Lipinski definition) is 0. The Morgan fingerprint density at radius 2 is 0.828 bits per heavy atom. The van der Waals surface area contributed by atoms with Gasteiger partial charge in [-0.05, 0) is 65.8 Å². The normalized spacial score (nSPS) is 15.7. The van der Waals surface area contributed by atoms with Crippen LogP contribution in [0.5, 0.6) is 0 Å². The zero-order chi connectivity index (χ0) is 18.9. The summed E-state index contributed by atoms with van der Waals surface area (Å²) in [4.78, 5) is 14.8. The van der Waals surface area contributed by atoms with Crippen molar-refractivity contribution >= 4 is 0 Å². The van der Waals surface area contributed by atoms with E-state index in [1.165, 1.54) is 0 Å². The van der Waals surface area contributed by atoms with Gasteiger partial charge in [-0.2, -0.15) is 0 Å². The molecule has 0 saturated heterocycles.